The Hall–Kier alpha value is -2.67. The third-order valence-corrected chi connectivity index (χ3v) is 5.41. The minimum absolute atomic E-state index is 0.278. The van der Waals surface area contributed by atoms with Crippen molar-refractivity contribution in [1.82, 2.24) is 14.7 Å². The highest BCUT2D eigenvalue weighted by atomic mass is 16.5. The van der Waals surface area contributed by atoms with Crippen LogP contribution >= 0.6 is 0 Å². The summed E-state index contributed by atoms with van der Waals surface area (Å²) in [4.78, 5) is 2.26. The quantitative estimate of drug-likeness (QED) is 0.376. The lowest BCUT2D eigenvalue weighted by molar-refractivity contribution is -0.0567. The molecule has 1 heterocycles. The van der Waals surface area contributed by atoms with Crippen molar-refractivity contribution >= 4 is 0 Å². The Morgan fingerprint density at radius 1 is 1.00 bits per heavy atom. The number of aliphatic hydroxyl groups excluding tert-OH is 1. The van der Waals surface area contributed by atoms with E-state index in [-0.39, 0.29) is 5.60 Å². The minimum atomic E-state index is -0.571. The van der Waals surface area contributed by atoms with Crippen LogP contribution in [0.5, 0.6) is 11.6 Å². The molecule has 6 heteroatoms. The molecule has 2 aromatic carbocycles. The van der Waals surface area contributed by atoms with Gasteiger partial charge in [0.2, 0.25) is 5.88 Å². The van der Waals surface area contributed by atoms with Gasteiger partial charge in [0.15, 0.2) is 0 Å². The minimum Gasteiger partial charge on any atom is -0.439 e. The molecule has 1 atom stereocenters. The maximum atomic E-state index is 10.7. The number of aliphatic hydroxyl groups is 1. The van der Waals surface area contributed by atoms with Gasteiger partial charge in [-0.2, -0.15) is 5.10 Å². The van der Waals surface area contributed by atoms with Crippen molar-refractivity contribution < 1.29 is 14.6 Å². The lowest BCUT2D eigenvalue weighted by Gasteiger charge is -2.27. The maximum Gasteiger partial charge on any atom is 0.227 e. The highest BCUT2D eigenvalue weighted by Crippen LogP contribution is 2.32. The molecule has 6 nitrogen and oxygen atoms in total. The fraction of sp³-hybridized carbons (Fsp3) is 0.464. The molecule has 0 bridgehead atoms. The summed E-state index contributed by atoms with van der Waals surface area (Å²) in [5, 5.41) is 15.6. The summed E-state index contributed by atoms with van der Waals surface area (Å²) < 4.78 is 14.1. The van der Waals surface area contributed by atoms with E-state index in [1.807, 2.05) is 86.1 Å². The van der Waals surface area contributed by atoms with E-state index >= 15 is 0 Å². The van der Waals surface area contributed by atoms with Crippen molar-refractivity contribution in [2.75, 3.05) is 19.7 Å². The lowest BCUT2D eigenvalue weighted by Crippen LogP contribution is -2.37. The molecule has 1 aromatic heterocycles. The summed E-state index contributed by atoms with van der Waals surface area (Å²) in [6.07, 6.45) is 1.20. The van der Waals surface area contributed by atoms with Gasteiger partial charge in [0.05, 0.1) is 35.3 Å². The standard InChI is InChI=1S/C28H39N3O3/c1-6-18-30(19-23(32)21-33-28(3,4)5)20-25-26(7-2)29-31(22-14-10-8-11-15-22)27(25)34-24-16-12-9-13-17-24/h8-17,23,32H,6-7,18-21H2,1-5H3/t23-/m1/s1. The van der Waals surface area contributed by atoms with Crippen LogP contribution in [0.1, 0.15) is 52.3 Å². The van der Waals surface area contributed by atoms with Gasteiger partial charge in [-0.1, -0.05) is 50.2 Å². The largest absolute Gasteiger partial charge is 0.439 e. The van der Waals surface area contributed by atoms with Gasteiger partial charge in [0, 0.05) is 13.1 Å². The molecule has 0 fully saturated rings. The Balaban J connectivity index is 1.93. The molecule has 0 unspecified atom stereocenters. The molecule has 34 heavy (non-hydrogen) atoms. The fourth-order valence-corrected chi connectivity index (χ4v) is 3.84. The van der Waals surface area contributed by atoms with E-state index in [1.54, 1.807) is 0 Å². The molecule has 0 radical (unpaired) electrons. The van der Waals surface area contributed by atoms with Gasteiger partial charge in [-0.15, -0.1) is 0 Å². The summed E-state index contributed by atoms with van der Waals surface area (Å²) >= 11 is 0. The Labute approximate surface area is 204 Å². The number of hydrogen-bond acceptors (Lipinski definition) is 5. The first kappa shape index (κ1) is 25.9. The van der Waals surface area contributed by atoms with Crippen molar-refractivity contribution in [3.8, 4) is 17.3 Å². The van der Waals surface area contributed by atoms with Crippen molar-refractivity contribution in [2.24, 2.45) is 0 Å². The number of ether oxygens (including phenoxy) is 2. The Bertz CT molecular complexity index is 997. The topological polar surface area (TPSA) is 59.8 Å². The Morgan fingerprint density at radius 3 is 2.24 bits per heavy atom. The Morgan fingerprint density at radius 2 is 1.65 bits per heavy atom. The van der Waals surface area contributed by atoms with Crippen LogP contribution in [0.25, 0.3) is 5.69 Å². The molecular weight excluding hydrogens is 426 g/mol. The average Bonchev–Trinajstić information content (AvgIpc) is 3.15. The summed E-state index contributed by atoms with van der Waals surface area (Å²) in [5.74, 6) is 1.49. The van der Waals surface area contributed by atoms with Gasteiger partial charge < -0.3 is 14.6 Å². The molecule has 3 aromatic rings. The molecule has 0 saturated heterocycles. The normalized spacial score (nSPS) is 12.8. The van der Waals surface area contributed by atoms with E-state index in [2.05, 4.69) is 18.7 Å². The third-order valence-electron chi connectivity index (χ3n) is 5.41. The zero-order valence-electron chi connectivity index (χ0n) is 21.2. The summed E-state index contributed by atoms with van der Waals surface area (Å²) in [5.41, 5.74) is 2.72. The van der Waals surface area contributed by atoms with E-state index in [9.17, 15) is 5.11 Å². The van der Waals surface area contributed by atoms with Crippen LogP contribution in [0.15, 0.2) is 60.7 Å². The number of benzene rings is 2. The molecule has 0 aliphatic carbocycles. The van der Waals surface area contributed by atoms with Crippen molar-refractivity contribution in [1.29, 1.82) is 0 Å². The van der Waals surface area contributed by atoms with E-state index in [0.717, 1.165) is 48.0 Å². The monoisotopic (exact) mass is 465 g/mol. The van der Waals surface area contributed by atoms with Crippen molar-refractivity contribution in [3.63, 3.8) is 0 Å². The predicted octanol–water partition coefficient (Wildman–Crippen LogP) is 5.62. The average molecular weight is 466 g/mol. The van der Waals surface area contributed by atoms with Gasteiger partial charge in [-0.25, -0.2) is 4.68 Å². The number of nitrogens with zero attached hydrogens (tertiary/aromatic N) is 3. The van der Waals surface area contributed by atoms with Gasteiger partial charge in [0.25, 0.3) is 0 Å². The molecule has 0 aliphatic rings. The van der Waals surface area contributed by atoms with Gasteiger partial charge in [-0.3, -0.25) is 4.90 Å². The predicted molar refractivity (Wildman–Crippen MR) is 137 cm³/mol. The van der Waals surface area contributed by atoms with Crippen LogP contribution in [0.4, 0.5) is 0 Å². The summed E-state index contributed by atoms with van der Waals surface area (Å²) in [7, 11) is 0. The number of aryl methyl sites for hydroxylation is 1. The van der Waals surface area contributed by atoms with Crippen LogP contribution < -0.4 is 4.74 Å². The molecule has 0 amide bonds. The number of rotatable bonds is 12. The zero-order valence-corrected chi connectivity index (χ0v) is 21.2. The smallest absolute Gasteiger partial charge is 0.227 e. The zero-order chi connectivity index (χ0) is 24.6. The Kier molecular flexibility index (Phi) is 9.28. The van der Waals surface area contributed by atoms with Gasteiger partial charge in [0.1, 0.15) is 5.75 Å². The SMILES string of the molecule is CCCN(Cc1c(CC)nn(-c2ccccc2)c1Oc1ccccc1)C[C@@H](O)COC(C)(C)C. The first-order valence-electron chi connectivity index (χ1n) is 12.2. The van der Waals surface area contributed by atoms with E-state index in [4.69, 9.17) is 14.6 Å². The van der Waals surface area contributed by atoms with Crippen LogP contribution in [0, 0.1) is 0 Å². The number of aromatic nitrogens is 2. The van der Waals surface area contributed by atoms with E-state index in [0.29, 0.717) is 19.7 Å². The second kappa shape index (κ2) is 12.2. The van der Waals surface area contributed by atoms with Crippen molar-refractivity contribution in [3.05, 3.63) is 71.9 Å². The summed E-state index contributed by atoms with van der Waals surface area (Å²) in [6, 6.07) is 19.9. The van der Waals surface area contributed by atoms with Crippen molar-refractivity contribution in [2.45, 2.75) is 65.7 Å². The van der Waals surface area contributed by atoms with E-state index in [1.165, 1.54) is 0 Å². The number of para-hydroxylation sites is 2. The molecule has 1 N–H and O–H groups in total. The highest BCUT2D eigenvalue weighted by molar-refractivity contribution is 5.43. The first-order valence-corrected chi connectivity index (χ1v) is 12.2. The second-order valence-electron chi connectivity index (χ2n) is 9.56. The third kappa shape index (κ3) is 7.42. The van der Waals surface area contributed by atoms with Gasteiger partial charge >= 0.3 is 0 Å². The maximum absolute atomic E-state index is 10.7. The van der Waals surface area contributed by atoms with Crippen LogP contribution in [0.2, 0.25) is 0 Å². The molecule has 0 aliphatic heterocycles. The fourth-order valence-electron chi connectivity index (χ4n) is 3.84. The highest BCUT2D eigenvalue weighted by Gasteiger charge is 2.24. The van der Waals surface area contributed by atoms with Crippen LogP contribution in [0.3, 0.4) is 0 Å². The second-order valence-corrected chi connectivity index (χ2v) is 9.56. The molecule has 0 spiro atoms. The lowest BCUT2D eigenvalue weighted by atomic mass is 10.1. The first-order chi connectivity index (χ1) is 16.3. The van der Waals surface area contributed by atoms with Crippen LogP contribution in [-0.2, 0) is 17.7 Å². The van der Waals surface area contributed by atoms with Crippen LogP contribution in [-0.4, -0.2) is 51.2 Å². The van der Waals surface area contributed by atoms with E-state index < -0.39 is 6.10 Å². The molecule has 0 saturated carbocycles. The summed E-state index contributed by atoms with van der Waals surface area (Å²) in [6.45, 7) is 12.6. The molecule has 3 rings (SSSR count). The molecule has 184 valence electrons. The number of hydrogen-bond donors (Lipinski definition) is 1. The molecular formula is C28H39N3O3. The van der Waals surface area contributed by atoms with Gasteiger partial charge in [-0.05, 0) is 64.4 Å².